The quantitative estimate of drug-likeness (QED) is 0.808. The number of carbonyl (C=O) groups excluding carboxylic acids is 1. The van der Waals surface area contributed by atoms with Crippen LogP contribution >= 0.6 is 0 Å². The Morgan fingerprint density at radius 1 is 1.39 bits per heavy atom. The highest BCUT2D eigenvalue weighted by Gasteiger charge is 2.26. The van der Waals surface area contributed by atoms with Gasteiger partial charge in [0, 0.05) is 13.1 Å². The van der Waals surface area contributed by atoms with Crippen molar-refractivity contribution >= 4 is 5.91 Å². The van der Waals surface area contributed by atoms with E-state index in [-0.39, 0.29) is 5.91 Å². The summed E-state index contributed by atoms with van der Waals surface area (Å²) < 4.78 is 0. The molecule has 0 unspecified atom stereocenters. The Labute approximate surface area is 109 Å². The van der Waals surface area contributed by atoms with Gasteiger partial charge in [-0.15, -0.1) is 0 Å². The van der Waals surface area contributed by atoms with Crippen LogP contribution in [0, 0.1) is 5.41 Å². The van der Waals surface area contributed by atoms with Crippen molar-refractivity contribution in [3.8, 4) is 0 Å². The number of rotatable bonds is 6. The van der Waals surface area contributed by atoms with Crippen LogP contribution < -0.4 is 11.1 Å². The Bertz CT molecular complexity index is 436. The molecule has 0 atom stereocenters. The van der Waals surface area contributed by atoms with Gasteiger partial charge in [-0.2, -0.15) is 0 Å². The first-order valence-electron chi connectivity index (χ1n) is 6.59. The van der Waals surface area contributed by atoms with Crippen LogP contribution in [0.5, 0.6) is 0 Å². The molecule has 0 aromatic heterocycles. The molecule has 18 heavy (non-hydrogen) atoms. The number of amides is 1. The number of benzene rings is 1. The van der Waals surface area contributed by atoms with E-state index in [1.807, 2.05) is 13.8 Å². The molecular weight excluding hydrogens is 224 g/mol. The van der Waals surface area contributed by atoms with Gasteiger partial charge in [-0.3, -0.25) is 4.79 Å². The summed E-state index contributed by atoms with van der Waals surface area (Å²) in [7, 11) is 0. The van der Waals surface area contributed by atoms with E-state index >= 15 is 0 Å². The van der Waals surface area contributed by atoms with Crippen LogP contribution in [0.15, 0.2) is 24.3 Å². The van der Waals surface area contributed by atoms with Crippen molar-refractivity contribution in [2.75, 3.05) is 6.54 Å². The van der Waals surface area contributed by atoms with Crippen LogP contribution in [-0.4, -0.2) is 12.5 Å². The van der Waals surface area contributed by atoms with Gasteiger partial charge in [-0.25, -0.2) is 0 Å². The molecule has 1 aromatic carbocycles. The summed E-state index contributed by atoms with van der Waals surface area (Å²) in [6, 6.07) is 8.55. The minimum atomic E-state index is -0.492. The van der Waals surface area contributed by atoms with Crippen LogP contribution in [-0.2, 0) is 11.3 Å². The standard InChI is InChI=1S/C15H22N2O/c1-15(2,14(16)18)10-17-9-12-5-3-4-6-13(12)11-7-8-11/h3-6,11,17H,7-10H2,1-2H3,(H2,16,18). The first kappa shape index (κ1) is 13.1. The van der Waals surface area contributed by atoms with Crippen LogP contribution in [0.25, 0.3) is 0 Å². The van der Waals surface area contributed by atoms with E-state index < -0.39 is 5.41 Å². The molecular formula is C15H22N2O. The van der Waals surface area contributed by atoms with Gasteiger partial charge >= 0.3 is 0 Å². The molecule has 0 saturated heterocycles. The molecule has 3 N–H and O–H groups in total. The van der Waals surface area contributed by atoms with Crippen molar-refractivity contribution in [3.05, 3.63) is 35.4 Å². The summed E-state index contributed by atoms with van der Waals surface area (Å²) in [5, 5.41) is 3.35. The second-order valence-corrected chi connectivity index (χ2v) is 5.82. The fourth-order valence-corrected chi connectivity index (χ4v) is 2.08. The van der Waals surface area contributed by atoms with Crippen molar-refractivity contribution in [1.29, 1.82) is 0 Å². The Balaban J connectivity index is 1.92. The lowest BCUT2D eigenvalue weighted by Gasteiger charge is -2.21. The summed E-state index contributed by atoms with van der Waals surface area (Å²) in [5.74, 6) is 0.498. The Hall–Kier alpha value is -1.35. The minimum Gasteiger partial charge on any atom is -0.369 e. The smallest absolute Gasteiger partial charge is 0.224 e. The van der Waals surface area contributed by atoms with E-state index in [9.17, 15) is 4.79 Å². The minimum absolute atomic E-state index is 0.259. The number of primary amides is 1. The first-order chi connectivity index (χ1) is 8.50. The second-order valence-electron chi connectivity index (χ2n) is 5.82. The Morgan fingerprint density at radius 3 is 2.67 bits per heavy atom. The lowest BCUT2D eigenvalue weighted by molar-refractivity contribution is -0.125. The lowest BCUT2D eigenvalue weighted by atomic mass is 9.92. The van der Waals surface area contributed by atoms with Crippen molar-refractivity contribution in [2.24, 2.45) is 11.1 Å². The molecule has 1 amide bonds. The van der Waals surface area contributed by atoms with Gasteiger partial charge in [0.2, 0.25) is 5.91 Å². The topological polar surface area (TPSA) is 55.1 Å². The van der Waals surface area contributed by atoms with Gasteiger partial charge in [0.15, 0.2) is 0 Å². The average Bonchev–Trinajstić information content (AvgIpc) is 3.13. The van der Waals surface area contributed by atoms with E-state index in [4.69, 9.17) is 5.73 Å². The molecule has 0 heterocycles. The zero-order chi connectivity index (χ0) is 13.2. The van der Waals surface area contributed by atoms with E-state index in [2.05, 4.69) is 29.6 Å². The molecule has 1 aliphatic carbocycles. The van der Waals surface area contributed by atoms with Crippen LogP contribution in [0.4, 0.5) is 0 Å². The zero-order valence-corrected chi connectivity index (χ0v) is 11.2. The summed E-state index contributed by atoms with van der Waals surface area (Å²) in [4.78, 5) is 11.2. The van der Waals surface area contributed by atoms with Crippen molar-refractivity contribution in [3.63, 3.8) is 0 Å². The van der Waals surface area contributed by atoms with Gasteiger partial charge in [0.05, 0.1) is 5.41 Å². The van der Waals surface area contributed by atoms with E-state index in [0.717, 1.165) is 12.5 Å². The monoisotopic (exact) mass is 246 g/mol. The largest absolute Gasteiger partial charge is 0.369 e. The van der Waals surface area contributed by atoms with Crippen LogP contribution in [0.3, 0.4) is 0 Å². The number of hydrogen-bond donors (Lipinski definition) is 2. The van der Waals surface area contributed by atoms with Gasteiger partial charge in [-0.05, 0) is 43.7 Å². The van der Waals surface area contributed by atoms with Crippen molar-refractivity contribution in [1.82, 2.24) is 5.32 Å². The Morgan fingerprint density at radius 2 is 2.06 bits per heavy atom. The Kier molecular flexibility index (Phi) is 3.71. The number of nitrogens with two attached hydrogens (primary N) is 1. The zero-order valence-electron chi connectivity index (χ0n) is 11.2. The van der Waals surface area contributed by atoms with Gasteiger partial charge in [0.1, 0.15) is 0 Å². The summed E-state index contributed by atoms with van der Waals surface area (Å²) in [6.07, 6.45) is 2.62. The van der Waals surface area contributed by atoms with Crippen molar-refractivity contribution in [2.45, 2.75) is 39.2 Å². The van der Waals surface area contributed by atoms with Gasteiger partial charge in [0.25, 0.3) is 0 Å². The third-order valence-corrected chi connectivity index (χ3v) is 3.62. The fraction of sp³-hybridized carbons (Fsp3) is 0.533. The molecule has 2 rings (SSSR count). The predicted molar refractivity (Wildman–Crippen MR) is 73.1 cm³/mol. The van der Waals surface area contributed by atoms with E-state index in [1.54, 1.807) is 0 Å². The molecule has 0 radical (unpaired) electrons. The molecule has 0 aliphatic heterocycles. The molecule has 1 aliphatic rings. The summed E-state index contributed by atoms with van der Waals surface area (Å²) in [6.45, 7) is 5.16. The third-order valence-electron chi connectivity index (χ3n) is 3.62. The lowest BCUT2D eigenvalue weighted by Crippen LogP contribution is -2.40. The molecule has 3 nitrogen and oxygen atoms in total. The molecule has 3 heteroatoms. The molecule has 1 fully saturated rings. The predicted octanol–water partition coefficient (Wildman–Crippen LogP) is 2.17. The SMILES string of the molecule is CC(C)(CNCc1ccccc1C1CC1)C(N)=O. The van der Waals surface area contributed by atoms with Crippen LogP contribution in [0.1, 0.15) is 43.7 Å². The fourth-order valence-electron chi connectivity index (χ4n) is 2.08. The first-order valence-corrected chi connectivity index (χ1v) is 6.59. The second kappa shape index (κ2) is 5.11. The highest BCUT2D eigenvalue weighted by Crippen LogP contribution is 2.41. The highest BCUT2D eigenvalue weighted by atomic mass is 16.1. The van der Waals surface area contributed by atoms with Crippen LogP contribution in [0.2, 0.25) is 0 Å². The maximum Gasteiger partial charge on any atom is 0.224 e. The van der Waals surface area contributed by atoms with E-state index in [1.165, 1.54) is 24.0 Å². The summed E-state index contributed by atoms with van der Waals surface area (Å²) >= 11 is 0. The average molecular weight is 246 g/mol. The van der Waals surface area contributed by atoms with Gasteiger partial charge < -0.3 is 11.1 Å². The molecule has 0 spiro atoms. The van der Waals surface area contributed by atoms with Gasteiger partial charge in [-0.1, -0.05) is 24.3 Å². The molecule has 1 aromatic rings. The number of nitrogens with one attached hydrogen (secondary N) is 1. The molecule has 0 bridgehead atoms. The normalized spacial score (nSPS) is 15.7. The maximum absolute atomic E-state index is 11.2. The highest BCUT2D eigenvalue weighted by molar-refractivity contribution is 5.80. The molecule has 1 saturated carbocycles. The maximum atomic E-state index is 11.2. The van der Waals surface area contributed by atoms with Crippen molar-refractivity contribution < 1.29 is 4.79 Å². The number of carbonyl (C=O) groups is 1. The summed E-state index contributed by atoms with van der Waals surface area (Å²) in [5.41, 5.74) is 7.67. The number of hydrogen-bond acceptors (Lipinski definition) is 2. The van der Waals surface area contributed by atoms with E-state index in [0.29, 0.717) is 6.54 Å². The third kappa shape index (κ3) is 3.10. The molecule has 98 valence electrons.